The number of hydrogen-bond acceptors (Lipinski definition) is 2. The highest BCUT2D eigenvalue weighted by molar-refractivity contribution is 9.10. The Morgan fingerprint density at radius 1 is 1.35 bits per heavy atom. The summed E-state index contributed by atoms with van der Waals surface area (Å²) in [4.78, 5) is 4.64. The highest BCUT2D eigenvalue weighted by Gasteiger charge is 2.30. The molecule has 0 aromatic heterocycles. The first kappa shape index (κ1) is 16.1. The molecule has 1 atom stereocenters. The lowest BCUT2D eigenvalue weighted by molar-refractivity contribution is 0.315. The van der Waals surface area contributed by atoms with E-state index in [1.54, 1.807) is 0 Å². The molecule has 20 heavy (non-hydrogen) atoms. The smallest absolute Gasteiger partial charge is 0.0819 e. The molecule has 1 aliphatic heterocycles. The summed E-state index contributed by atoms with van der Waals surface area (Å²) < 4.78 is 7.62. The van der Waals surface area contributed by atoms with Gasteiger partial charge < -0.3 is 4.18 Å². The minimum atomic E-state index is -1.07. The van der Waals surface area contributed by atoms with Gasteiger partial charge in [-0.05, 0) is 36.1 Å². The molecule has 2 rings (SSSR count). The SMILES string of the molecule is CC(C)(C)S(C)(C)OC[C@H]1Cc2c(Br)cccc2C=N1. The fourth-order valence-electron chi connectivity index (χ4n) is 1.91. The largest absolute Gasteiger partial charge is 0.334 e. The maximum absolute atomic E-state index is 6.24. The number of hydrogen-bond donors (Lipinski definition) is 0. The molecule has 112 valence electrons. The van der Waals surface area contributed by atoms with Gasteiger partial charge in [0.25, 0.3) is 0 Å². The summed E-state index contributed by atoms with van der Waals surface area (Å²) in [5.41, 5.74) is 2.57. The van der Waals surface area contributed by atoms with Crippen molar-refractivity contribution in [1.29, 1.82) is 0 Å². The van der Waals surface area contributed by atoms with Crippen molar-refractivity contribution < 1.29 is 4.18 Å². The summed E-state index contributed by atoms with van der Waals surface area (Å²) in [6.45, 7) is 7.45. The van der Waals surface area contributed by atoms with Gasteiger partial charge in [-0.15, -0.1) is 10.3 Å². The lowest BCUT2D eigenvalue weighted by Crippen LogP contribution is -2.29. The maximum Gasteiger partial charge on any atom is 0.0819 e. The number of nitrogens with zero attached hydrogens (tertiary/aromatic N) is 1. The first-order valence-electron chi connectivity index (χ1n) is 6.88. The fourth-order valence-corrected chi connectivity index (χ4v) is 3.31. The molecule has 0 spiro atoms. The van der Waals surface area contributed by atoms with Crippen LogP contribution in [0.4, 0.5) is 0 Å². The number of aliphatic imine (C=N–C) groups is 1. The maximum atomic E-state index is 6.24. The van der Waals surface area contributed by atoms with E-state index >= 15 is 0 Å². The minimum Gasteiger partial charge on any atom is -0.334 e. The third-order valence-electron chi connectivity index (χ3n) is 4.05. The van der Waals surface area contributed by atoms with Crippen molar-refractivity contribution in [2.24, 2.45) is 4.99 Å². The molecule has 1 aliphatic rings. The summed E-state index contributed by atoms with van der Waals surface area (Å²) >= 11 is 3.63. The van der Waals surface area contributed by atoms with E-state index in [1.807, 2.05) is 6.21 Å². The van der Waals surface area contributed by atoms with Gasteiger partial charge in [0.05, 0.1) is 12.6 Å². The topological polar surface area (TPSA) is 21.6 Å². The second-order valence-corrected chi connectivity index (χ2v) is 11.4. The third kappa shape index (κ3) is 3.46. The standard InChI is InChI=1S/C16H24BrNOS/c1-16(2,3)20(4,5)19-11-13-9-14-12(10-18-13)7-6-8-15(14)17/h6-8,10,13H,9,11H2,1-5H3/t13-/m1/s1. The Balaban J connectivity index is 2.03. The summed E-state index contributed by atoms with van der Waals surface area (Å²) in [6.07, 6.45) is 7.41. The van der Waals surface area contributed by atoms with Crippen molar-refractivity contribution in [2.45, 2.75) is 38.0 Å². The van der Waals surface area contributed by atoms with Gasteiger partial charge in [-0.25, -0.2) is 0 Å². The van der Waals surface area contributed by atoms with E-state index in [-0.39, 0.29) is 10.8 Å². The van der Waals surface area contributed by atoms with E-state index in [0.717, 1.165) is 6.42 Å². The first-order valence-corrected chi connectivity index (χ1v) is 10.1. The van der Waals surface area contributed by atoms with Crippen molar-refractivity contribution in [3.8, 4) is 0 Å². The van der Waals surface area contributed by atoms with Crippen molar-refractivity contribution in [1.82, 2.24) is 0 Å². The highest BCUT2D eigenvalue weighted by Crippen LogP contribution is 2.53. The van der Waals surface area contributed by atoms with E-state index in [2.05, 4.69) is 72.4 Å². The third-order valence-corrected chi connectivity index (χ3v) is 8.47. The van der Waals surface area contributed by atoms with Crippen LogP contribution in [-0.2, 0) is 10.6 Å². The normalized spacial score (nSPS) is 19.8. The second-order valence-electron chi connectivity index (χ2n) is 6.57. The van der Waals surface area contributed by atoms with E-state index in [0.29, 0.717) is 6.61 Å². The Kier molecular flexibility index (Phi) is 4.67. The van der Waals surface area contributed by atoms with Crippen molar-refractivity contribution in [3.63, 3.8) is 0 Å². The Morgan fingerprint density at radius 2 is 2.05 bits per heavy atom. The number of halogens is 1. The molecule has 1 heterocycles. The Hall–Kier alpha value is -0.320. The van der Waals surface area contributed by atoms with Crippen LogP contribution in [0.2, 0.25) is 0 Å². The van der Waals surface area contributed by atoms with Gasteiger partial charge >= 0.3 is 0 Å². The average Bonchev–Trinajstić information content (AvgIpc) is 2.36. The van der Waals surface area contributed by atoms with Crippen molar-refractivity contribution in [2.75, 3.05) is 19.1 Å². The van der Waals surface area contributed by atoms with Crippen LogP contribution in [0.15, 0.2) is 27.7 Å². The lowest BCUT2D eigenvalue weighted by atomic mass is 9.99. The molecule has 0 saturated heterocycles. The van der Waals surface area contributed by atoms with E-state index in [1.165, 1.54) is 15.6 Å². The molecular weight excluding hydrogens is 334 g/mol. The molecule has 0 N–H and O–H groups in total. The second kappa shape index (κ2) is 5.82. The lowest BCUT2D eigenvalue weighted by Gasteiger charge is -2.44. The molecule has 0 radical (unpaired) electrons. The van der Waals surface area contributed by atoms with Crippen LogP contribution in [-0.4, -0.2) is 36.1 Å². The Bertz CT molecular complexity index is 520. The molecular formula is C16H24BrNOS. The minimum absolute atomic E-state index is 0.198. The summed E-state index contributed by atoms with van der Waals surface area (Å²) in [5.74, 6) is 0. The summed E-state index contributed by atoms with van der Waals surface area (Å²) in [5, 5.41) is 0. The monoisotopic (exact) mass is 357 g/mol. The number of rotatable bonds is 3. The molecule has 1 aromatic carbocycles. The predicted octanol–water partition coefficient (Wildman–Crippen LogP) is 4.59. The molecule has 4 heteroatoms. The predicted molar refractivity (Wildman–Crippen MR) is 94.4 cm³/mol. The Labute approximate surface area is 132 Å². The molecule has 0 aliphatic carbocycles. The molecule has 0 bridgehead atoms. The van der Waals surface area contributed by atoms with Gasteiger partial charge in [-0.1, -0.05) is 48.8 Å². The van der Waals surface area contributed by atoms with E-state index in [4.69, 9.17) is 4.18 Å². The van der Waals surface area contributed by atoms with Gasteiger partial charge in [-0.3, -0.25) is 4.99 Å². The van der Waals surface area contributed by atoms with Crippen molar-refractivity contribution >= 4 is 32.5 Å². The fraction of sp³-hybridized carbons (Fsp3) is 0.562. The van der Waals surface area contributed by atoms with Crippen LogP contribution in [0, 0.1) is 0 Å². The van der Waals surface area contributed by atoms with Crippen molar-refractivity contribution in [3.05, 3.63) is 33.8 Å². The van der Waals surface area contributed by atoms with Crippen LogP contribution in [0.3, 0.4) is 0 Å². The zero-order valence-electron chi connectivity index (χ0n) is 12.9. The molecule has 0 unspecified atom stereocenters. The van der Waals surface area contributed by atoms with Gasteiger partial charge in [-0.2, -0.15) is 0 Å². The molecule has 0 fully saturated rings. The zero-order chi connectivity index (χ0) is 15.0. The summed E-state index contributed by atoms with van der Waals surface area (Å²) in [6, 6.07) is 6.50. The number of benzene rings is 1. The highest BCUT2D eigenvalue weighted by atomic mass is 79.9. The Morgan fingerprint density at radius 3 is 2.70 bits per heavy atom. The van der Waals surface area contributed by atoms with Gasteiger partial charge in [0.1, 0.15) is 0 Å². The van der Waals surface area contributed by atoms with Crippen LogP contribution in [0.1, 0.15) is 31.9 Å². The van der Waals surface area contributed by atoms with Crippen LogP contribution >= 0.6 is 26.2 Å². The average molecular weight is 358 g/mol. The number of fused-ring (bicyclic) bond motifs is 1. The quantitative estimate of drug-likeness (QED) is 0.775. The van der Waals surface area contributed by atoms with Gasteiger partial charge in [0.2, 0.25) is 0 Å². The first-order chi connectivity index (χ1) is 9.21. The van der Waals surface area contributed by atoms with E-state index in [9.17, 15) is 0 Å². The summed E-state index contributed by atoms with van der Waals surface area (Å²) in [7, 11) is -1.07. The van der Waals surface area contributed by atoms with Crippen LogP contribution in [0.25, 0.3) is 0 Å². The molecule has 2 nitrogen and oxygen atoms in total. The van der Waals surface area contributed by atoms with Crippen LogP contribution in [0.5, 0.6) is 0 Å². The zero-order valence-corrected chi connectivity index (χ0v) is 15.3. The molecule has 1 aromatic rings. The van der Waals surface area contributed by atoms with E-state index < -0.39 is 10.3 Å². The van der Waals surface area contributed by atoms with Gasteiger partial charge in [0.15, 0.2) is 0 Å². The molecule has 0 amide bonds. The van der Waals surface area contributed by atoms with Gasteiger partial charge in [0, 0.05) is 15.4 Å². The van der Waals surface area contributed by atoms with Crippen LogP contribution < -0.4 is 0 Å². The molecule has 0 saturated carbocycles.